The molecule has 0 N–H and O–H groups in total. The quantitative estimate of drug-likeness (QED) is 0.610. The first-order valence-corrected chi connectivity index (χ1v) is 8.35. The van der Waals surface area contributed by atoms with E-state index in [-0.39, 0.29) is 11.7 Å². The van der Waals surface area contributed by atoms with E-state index < -0.39 is 0 Å². The van der Waals surface area contributed by atoms with E-state index in [9.17, 15) is 0 Å². The van der Waals surface area contributed by atoms with E-state index in [0.29, 0.717) is 6.04 Å². The molecule has 1 aliphatic heterocycles. The van der Waals surface area contributed by atoms with Crippen LogP contribution in [0.3, 0.4) is 0 Å². The van der Waals surface area contributed by atoms with Crippen molar-refractivity contribution in [1.82, 2.24) is 4.57 Å². The van der Waals surface area contributed by atoms with Gasteiger partial charge in [-0.1, -0.05) is 48.5 Å². The van der Waals surface area contributed by atoms with Crippen molar-refractivity contribution in [2.24, 2.45) is 0 Å². The van der Waals surface area contributed by atoms with Crippen LogP contribution in [0.5, 0.6) is 0 Å². The third-order valence-electron chi connectivity index (χ3n) is 4.54. The standard InChI is InChI=1S/C21H23NO/c1-21(2,3)23-20-14-18(15-9-5-4-6-10-15)22-17-12-8-7-11-16(17)13-19(20)22/h4-13,18,20H,14H2,1-3H3. The summed E-state index contributed by atoms with van der Waals surface area (Å²) < 4.78 is 8.86. The van der Waals surface area contributed by atoms with Crippen LogP contribution < -0.4 is 0 Å². The lowest BCUT2D eigenvalue weighted by molar-refractivity contribution is -0.0616. The zero-order valence-electron chi connectivity index (χ0n) is 14.0. The molecule has 1 aliphatic rings. The van der Waals surface area contributed by atoms with Gasteiger partial charge in [0.2, 0.25) is 0 Å². The largest absolute Gasteiger partial charge is 0.366 e. The third kappa shape index (κ3) is 2.57. The highest BCUT2D eigenvalue weighted by atomic mass is 16.5. The average molecular weight is 305 g/mol. The molecule has 118 valence electrons. The van der Waals surface area contributed by atoms with Crippen molar-refractivity contribution in [3.8, 4) is 0 Å². The maximum absolute atomic E-state index is 6.39. The normalized spacial score (nSPS) is 20.8. The number of hydrogen-bond donors (Lipinski definition) is 0. The van der Waals surface area contributed by atoms with Gasteiger partial charge in [0.15, 0.2) is 0 Å². The molecule has 1 aromatic heterocycles. The molecular formula is C21H23NO. The average Bonchev–Trinajstić information content (AvgIpc) is 3.05. The van der Waals surface area contributed by atoms with Crippen molar-refractivity contribution < 1.29 is 4.74 Å². The number of benzene rings is 2. The lowest BCUT2D eigenvalue weighted by Crippen LogP contribution is -2.21. The molecule has 2 unspecified atom stereocenters. The molecule has 0 radical (unpaired) electrons. The fourth-order valence-electron chi connectivity index (χ4n) is 3.72. The van der Waals surface area contributed by atoms with Crippen molar-refractivity contribution >= 4 is 10.9 Å². The third-order valence-corrected chi connectivity index (χ3v) is 4.54. The zero-order chi connectivity index (χ0) is 16.0. The van der Waals surface area contributed by atoms with Crippen LogP contribution in [0.4, 0.5) is 0 Å². The second-order valence-electron chi connectivity index (χ2n) is 7.38. The predicted octanol–water partition coefficient (Wildman–Crippen LogP) is 5.49. The van der Waals surface area contributed by atoms with E-state index in [0.717, 1.165) is 6.42 Å². The van der Waals surface area contributed by atoms with E-state index >= 15 is 0 Å². The first-order valence-electron chi connectivity index (χ1n) is 8.35. The maximum atomic E-state index is 6.39. The molecule has 2 nitrogen and oxygen atoms in total. The molecule has 2 heterocycles. The molecule has 2 aromatic carbocycles. The van der Waals surface area contributed by atoms with Crippen LogP contribution >= 0.6 is 0 Å². The van der Waals surface area contributed by atoms with Crippen LogP contribution in [0.2, 0.25) is 0 Å². The van der Waals surface area contributed by atoms with E-state index in [1.165, 1.54) is 22.2 Å². The van der Waals surface area contributed by atoms with E-state index in [1.54, 1.807) is 0 Å². The number of aromatic nitrogens is 1. The minimum Gasteiger partial charge on any atom is -0.366 e. The Bertz CT molecular complexity index is 826. The lowest BCUT2D eigenvalue weighted by atomic mass is 10.0. The van der Waals surface area contributed by atoms with Crippen LogP contribution in [0.25, 0.3) is 10.9 Å². The second kappa shape index (κ2) is 5.24. The molecule has 0 spiro atoms. The predicted molar refractivity (Wildman–Crippen MR) is 94.7 cm³/mol. The molecule has 4 rings (SSSR count). The van der Waals surface area contributed by atoms with Gasteiger partial charge in [0.1, 0.15) is 6.10 Å². The summed E-state index contributed by atoms with van der Waals surface area (Å²) in [4.78, 5) is 0. The zero-order valence-corrected chi connectivity index (χ0v) is 14.0. The second-order valence-corrected chi connectivity index (χ2v) is 7.38. The van der Waals surface area contributed by atoms with Crippen molar-refractivity contribution in [2.75, 3.05) is 0 Å². The SMILES string of the molecule is CC(C)(C)OC1CC(c2ccccc2)n2c1cc1ccccc12. The van der Waals surface area contributed by atoms with Crippen LogP contribution in [0, 0.1) is 0 Å². The molecule has 0 fully saturated rings. The molecule has 2 heteroatoms. The van der Waals surface area contributed by atoms with Gasteiger partial charge in [0, 0.05) is 17.6 Å². The van der Waals surface area contributed by atoms with Gasteiger partial charge in [-0.3, -0.25) is 0 Å². The Morgan fingerprint density at radius 3 is 2.39 bits per heavy atom. The van der Waals surface area contributed by atoms with Gasteiger partial charge in [-0.05, 0) is 43.9 Å². The molecule has 0 saturated carbocycles. The highest BCUT2D eigenvalue weighted by molar-refractivity contribution is 5.82. The minimum absolute atomic E-state index is 0.141. The molecular weight excluding hydrogens is 282 g/mol. The van der Waals surface area contributed by atoms with Crippen LogP contribution in [-0.2, 0) is 4.74 Å². The smallest absolute Gasteiger partial charge is 0.100 e. The van der Waals surface area contributed by atoms with E-state index in [2.05, 4.69) is 86.0 Å². The fourth-order valence-corrected chi connectivity index (χ4v) is 3.72. The summed E-state index contributed by atoms with van der Waals surface area (Å²) in [6.45, 7) is 6.40. The summed E-state index contributed by atoms with van der Waals surface area (Å²) in [5, 5.41) is 1.30. The molecule has 0 amide bonds. The van der Waals surface area contributed by atoms with Crippen LogP contribution in [0.1, 0.15) is 50.6 Å². The van der Waals surface area contributed by atoms with Crippen molar-refractivity contribution in [1.29, 1.82) is 0 Å². The van der Waals surface area contributed by atoms with Gasteiger partial charge in [0.05, 0.1) is 11.6 Å². The van der Waals surface area contributed by atoms with Gasteiger partial charge in [-0.15, -0.1) is 0 Å². The Morgan fingerprint density at radius 2 is 1.65 bits per heavy atom. The van der Waals surface area contributed by atoms with Crippen molar-refractivity contribution in [2.45, 2.75) is 44.9 Å². The molecule has 0 aliphatic carbocycles. The highest BCUT2D eigenvalue weighted by Crippen LogP contribution is 2.45. The number of rotatable bonds is 2. The summed E-state index contributed by atoms with van der Waals surface area (Å²) in [7, 11) is 0. The fraction of sp³-hybridized carbons (Fsp3) is 0.333. The summed E-state index contributed by atoms with van der Waals surface area (Å²) in [5.74, 6) is 0. The molecule has 3 aromatic rings. The van der Waals surface area contributed by atoms with Gasteiger partial charge < -0.3 is 9.30 Å². The molecule has 0 saturated heterocycles. The minimum atomic E-state index is -0.141. The summed E-state index contributed by atoms with van der Waals surface area (Å²) in [6.07, 6.45) is 1.15. The van der Waals surface area contributed by atoms with Crippen LogP contribution in [0.15, 0.2) is 60.7 Å². The monoisotopic (exact) mass is 305 g/mol. The Kier molecular flexibility index (Phi) is 3.31. The van der Waals surface area contributed by atoms with Gasteiger partial charge in [0.25, 0.3) is 0 Å². The Labute approximate surface area is 137 Å². The Morgan fingerprint density at radius 1 is 0.957 bits per heavy atom. The van der Waals surface area contributed by atoms with Crippen LogP contribution in [-0.4, -0.2) is 10.2 Å². The molecule has 23 heavy (non-hydrogen) atoms. The maximum Gasteiger partial charge on any atom is 0.100 e. The van der Waals surface area contributed by atoms with Gasteiger partial charge in [-0.25, -0.2) is 0 Å². The Hall–Kier alpha value is -2.06. The number of nitrogens with zero attached hydrogens (tertiary/aromatic N) is 1. The first kappa shape index (κ1) is 14.5. The number of ether oxygens (including phenoxy) is 1. The number of hydrogen-bond acceptors (Lipinski definition) is 1. The molecule has 0 bridgehead atoms. The van der Waals surface area contributed by atoms with Crippen molar-refractivity contribution in [3.63, 3.8) is 0 Å². The topological polar surface area (TPSA) is 14.2 Å². The Balaban J connectivity index is 1.86. The summed E-state index contributed by atoms with van der Waals surface area (Å²) in [5.41, 5.74) is 3.82. The van der Waals surface area contributed by atoms with Crippen molar-refractivity contribution in [3.05, 3.63) is 71.9 Å². The number of fused-ring (bicyclic) bond motifs is 3. The van der Waals surface area contributed by atoms with E-state index in [1.807, 2.05) is 0 Å². The molecule has 2 atom stereocenters. The van der Waals surface area contributed by atoms with Gasteiger partial charge in [-0.2, -0.15) is 0 Å². The summed E-state index contributed by atoms with van der Waals surface area (Å²) >= 11 is 0. The highest BCUT2D eigenvalue weighted by Gasteiger charge is 2.36. The summed E-state index contributed by atoms with van der Waals surface area (Å²) in [6, 6.07) is 22.1. The number of para-hydroxylation sites is 1. The first-order chi connectivity index (χ1) is 11.0. The lowest BCUT2D eigenvalue weighted by Gasteiger charge is -2.24. The van der Waals surface area contributed by atoms with Gasteiger partial charge >= 0.3 is 0 Å². The van der Waals surface area contributed by atoms with E-state index in [4.69, 9.17) is 4.74 Å².